The summed E-state index contributed by atoms with van der Waals surface area (Å²) in [7, 11) is -3.51. The summed E-state index contributed by atoms with van der Waals surface area (Å²) in [6.45, 7) is 3.27. The van der Waals surface area contributed by atoms with Crippen molar-refractivity contribution in [3.63, 3.8) is 0 Å². The average molecular weight is 597 g/mol. The summed E-state index contributed by atoms with van der Waals surface area (Å²) in [6, 6.07) is 6.77. The van der Waals surface area contributed by atoms with Crippen molar-refractivity contribution in [2.24, 2.45) is 23.7 Å². The molecule has 0 amide bonds. The number of unbranched alkanes of at least 4 members (excludes halogenated alkanes) is 8. The van der Waals surface area contributed by atoms with Gasteiger partial charge in [-0.2, -0.15) is 0 Å². The van der Waals surface area contributed by atoms with Gasteiger partial charge in [0.1, 0.15) is 0 Å². The van der Waals surface area contributed by atoms with Crippen LogP contribution in [0.15, 0.2) is 45.8 Å². The van der Waals surface area contributed by atoms with Gasteiger partial charge in [0, 0.05) is 17.4 Å². The number of benzene rings is 1. The third kappa shape index (κ3) is 10.1. The van der Waals surface area contributed by atoms with Crippen LogP contribution in [0.1, 0.15) is 96.8 Å². The topological polar surface area (TPSA) is 72.5 Å². The molecule has 7 heteroatoms. The summed E-state index contributed by atoms with van der Waals surface area (Å²) in [5, 5.41) is 0. The molecule has 0 unspecified atom stereocenters. The number of hydrogen-bond donors (Lipinski definition) is 1. The number of esters is 1. The van der Waals surface area contributed by atoms with Gasteiger partial charge in [0.25, 0.3) is 0 Å². The summed E-state index contributed by atoms with van der Waals surface area (Å²) in [5.74, 6) is 1.92. The largest absolute Gasteiger partial charge is 0.466 e. The number of halogens is 1. The molecule has 2 saturated carbocycles. The number of carbonyl (C=O) groups is 1. The lowest BCUT2D eigenvalue weighted by molar-refractivity contribution is -0.143. The lowest BCUT2D eigenvalue weighted by atomic mass is 9.79. The zero-order chi connectivity index (χ0) is 26.5. The minimum atomic E-state index is -3.51. The van der Waals surface area contributed by atoms with Gasteiger partial charge in [-0.25, -0.2) is 13.1 Å². The Bertz CT molecular complexity index is 947. The minimum absolute atomic E-state index is 0.0866. The Morgan fingerprint density at radius 1 is 1.00 bits per heavy atom. The number of hydrogen-bond acceptors (Lipinski definition) is 4. The summed E-state index contributed by atoms with van der Waals surface area (Å²) in [6.07, 6.45) is 20.2. The van der Waals surface area contributed by atoms with E-state index < -0.39 is 10.0 Å². The molecular formula is C30H46BrNO4S. The third-order valence-electron chi connectivity index (χ3n) is 8.16. The Hall–Kier alpha value is -1.18. The quantitative estimate of drug-likeness (QED) is 0.107. The van der Waals surface area contributed by atoms with Crippen LogP contribution in [-0.4, -0.2) is 27.5 Å². The van der Waals surface area contributed by atoms with Crippen LogP contribution >= 0.6 is 15.9 Å². The lowest BCUT2D eigenvalue weighted by Crippen LogP contribution is -2.35. The van der Waals surface area contributed by atoms with Crippen LogP contribution in [0.5, 0.6) is 0 Å². The van der Waals surface area contributed by atoms with E-state index in [2.05, 4.69) is 39.7 Å². The molecule has 2 aliphatic rings. The Labute approximate surface area is 233 Å². The van der Waals surface area contributed by atoms with Crippen molar-refractivity contribution in [3.8, 4) is 0 Å². The van der Waals surface area contributed by atoms with E-state index in [0.29, 0.717) is 48.1 Å². The standard InChI is InChI=1S/C30H46BrNO4S/c1-2-3-4-5-6-7-8-12-21-36-30(33)14-11-9-10-13-28-24-15-16-25(22-24)29(28)23-32-37(34,35)27-19-17-26(31)18-20-27/h10,13,17-20,24-25,28-29,32H,2-9,11-12,14-16,21-23H2,1H3/b13-10-/t24-,25+,28-,29+/m0/s1. The van der Waals surface area contributed by atoms with Gasteiger partial charge >= 0.3 is 5.97 Å². The fourth-order valence-corrected chi connectivity index (χ4v) is 7.41. The second kappa shape index (κ2) is 16.0. The molecule has 208 valence electrons. The SMILES string of the molecule is CCCCCCCCCCOC(=O)CCC/C=C\[C@H]1[C@H]2CC[C@H](C2)[C@H]1CNS(=O)(=O)c1ccc(Br)cc1. The van der Waals surface area contributed by atoms with E-state index >= 15 is 0 Å². The van der Waals surface area contributed by atoms with Crippen LogP contribution < -0.4 is 4.72 Å². The van der Waals surface area contributed by atoms with Crippen molar-refractivity contribution < 1.29 is 17.9 Å². The summed E-state index contributed by atoms with van der Waals surface area (Å²) in [4.78, 5) is 12.3. The molecule has 3 rings (SSSR count). The van der Waals surface area contributed by atoms with E-state index in [4.69, 9.17) is 4.74 Å². The second-order valence-corrected chi connectivity index (χ2v) is 13.6. The zero-order valence-corrected chi connectivity index (χ0v) is 24.9. The van der Waals surface area contributed by atoms with Gasteiger partial charge in [-0.15, -0.1) is 0 Å². The van der Waals surface area contributed by atoms with Crippen LogP contribution in [0.3, 0.4) is 0 Å². The maximum atomic E-state index is 12.8. The highest BCUT2D eigenvalue weighted by molar-refractivity contribution is 9.10. The molecule has 1 aromatic carbocycles. The number of ether oxygens (including phenoxy) is 1. The smallest absolute Gasteiger partial charge is 0.305 e. The van der Waals surface area contributed by atoms with Crippen LogP contribution in [0.2, 0.25) is 0 Å². The maximum absolute atomic E-state index is 12.8. The first kappa shape index (κ1) is 30.4. The van der Waals surface area contributed by atoms with E-state index in [9.17, 15) is 13.2 Å². The molecule has 37 heavy (non-hydrogen) atoms. The number of sulfonamides is 1. The van der Waals surface area contributed by atoms with Gasteiger partial charge in [-0.05, 0) is 86.5 Å². The summed E-state index contributed by atoms with van der Waals surface area (Å²) < 4.78 is 34.7. The predicted molar refractivity (Wildman–Crippen MR) is 154 cm³/mol. The minimum Gasteiger partial charge on any atom is -0.466 e. The molecule has 0 aromatic heterocycles. The first-order valence-electron chi connectivity index (χ1n) is 14.5. The number of carbonyl (C=O) groups excluding carboxylic acids is 1. The van der Waals surface area contributed by atoms with Crippen molar-refractivity contribution in [2.75, 3.05) is 13.2 Å². The highest BCUT2D eigenvalue weighted by Gasteiger charge is 2.46. The third-order valence-corrected chi connectivity index (χ3v) is 10.1. The summed E-state index contributed by atoms with van der Waals surface area (Å²) in [5.41, 5.74) is 0. The highest BCUT2D eigenvalue weighted by atomic mass is 79.9. The van der Waals surface area contributed by atoms with Crippen LogP contribution in [0, 0.1) is 23.7 Å². The Balaban J connectivity index is 1.31. The van der Waals surface area contributed by atoms with Gasteiger partial charge in [0.05, 0.1) is 11.5 Å². The van der Waals surface area contributed by atoms with Crippen molar-refractivity contribution >= 4 is 31.9 Å². The van der Waals surface area contributed by atoms with Crippen molar-refractivity contribution in [3.05, 3.63) is 40.9 Å². The Kier molecular flexibility index (Phi) is 13.2. The van der Waals surface area contributed by atoms with E-state index in [-0.39, 0.29) is 5.97 Å². The van der Waals surface area contributed by atoms with Gasteiger partial charge in [-0.3, -0.25) is 4.79 Å². The first-order valence-corrected chi connectivity index (χ1v) is 16.8. The molecule has 2 aliphatic carbocycles. The number of fused-ring (bicyclic) bond motifs is 2. The predicted octanol–water partition coefficient (Wildman–Crippen LogP) is 7.80. The summed E-state index contributed by atoms with van der Waals surface area (Å²) >= 11 is 3.36. The normalized spacial score (nSPS) is 23.2. The monoisotopic (exact) mass is 595 g/mol. The molecule has 2 bridgehead atoms. The van der Waals surface area contributed by atoms with Crippen molar-refractivity contribution in [1.29, 1.82) is 0 Å². The number of rotatable bonds is 18. The molecule has 0 heterocycles. The Morgan fingerprint density at radius 3 is 2.41 bits per heavy atom. The molecule has 0 saturated heterocycles. The number of nitrogens with one attached hydrogen (secondary N) is 1. The lowest BCUT2D eigenvalue weighted by Gasteiger charge is -2.29. The van der Waals surface area contributed by atoms with E-state index in [1.807, 2.05) is 0 Å². The van der Waals surface area contributed by atoms with Gasteiger partial charge in [0.15, 0.2) is 0 Å². The molecule has 1 aromatic rings. The Morgan fingerprint density at radius 2 is 1.68 bits per heavy atom. The van der Waals surface area contributed by atoms with Crippen LogP contribution in [0.4, 0.5) is 0 Å². The number of allylic oxidation sites excluding steroid dienone is 2. The molecule has 0 spiro atoms. The van der Waals surface area contributed by atoms with Crippen LogP contribution in [-0.2, 0) is 19.6 Å². The van der Waals surface area contributed by atoms with E-state index in [1.165, 1.54) is 57.8 Å². The van der Waals surface area contributed by atoms with Gasteiger partial charge in [0.2, 0.25) is 10.0 Å². The molecule has 4 atom stereocenters. The molecule has 5 nitrogen and oxygen atoms in total. The van der Waals surface area contributed by atoms with E-state index in [0.717, 1.165) is 30.2 Å². The van der Waals surface area contributed by atoms with Gasteiger partial charge in [-0.1, -0.05) is 80.0 Å². The van der Waals surface area contributed by atoms with Crippen molar-refractivity contribution in [2.45, 2.75) is 102 Å². The van der Waals surface area contributed by atoms with E-state index in [1.54, 1.807) is 24.3 Å². The zero-order valence-electron chi connectivity index (χ0n) is 22.5. The second-order valence-electron chi connectivity index (χ2n) is 10.9. The highest BCUT2D eigenvalue weighted by Crippen LogP contribution is 2.52. The fourth-order valence-electron chi connectivity index (χ4n) is 6.07. The first-order chi connectivity index (χ1) is 17.9. The van der Waals surface area contributed by atoms with Crippen molar-refractivity contribution in [1.82, 2.24) is 4.72 Å². The molecular weight excluding hydrogens is 550 g/mol. The average Bonchev–Trinajstić information content (AvgIpc) is 3.48. The molecule has 0 aliphatic heterocycles. The fraction of sp³-hybridized carbons (Fsp3) is 0.700. The molecule has 1 N–H and O–H groups in total. The molecule has 2 fully saturated rings. The molecule has 0 radical (unpaired) electrons. The maximum Gasteiger partial charge on any atom is 0.305 e. The van der Waals surface area contributed by atoms with Gasteiger partial charge < -0.3 is 4.74 Å². The van der Waals surface area contributed by atoms with Crippen LogP contribution in [0.25, 0.3) is 0 Å².